The monoisotopic (exact) mass is 748 g/mol. The van der Waals surface area contributed by atoms with E-state index in [1.54, 1.807) is 42.7 Å². The molecule has 0 bridgehead atoms. The third-order valence-electron chi connectivity index (χ3n) is 10.7. The van der Waals surface area contributed by atoms with Crippen LogP contribution in [0.2, 0.25) is 0 Å². The molecule has 3 aromatic carbocycles. The van der Waals surface area contributed by atoms with Gasteiger partial charge in [-0.2, -0.15) is 0 Å². The summed E-state index contributed by atoms with van der Waals surface area (Å²) >= 11 is 0. The molecule has 1 aromatic heterocycles. The Morgan fingerprint density at radius 2 is 1.44 bits per heavy atom. The number of hydrogen-bond acceptors (Lipinski definition) is 10. The third-order valence-corrected chi connectivity index (χ3v) is 10.7. The Bertz CT molecular complexity index is 1950. The number of hydrogen-bond donors (Lipinski definition) is 1. The number of nitrogens with one attached hydrogen (secondary N) is 1. The molecule has 0 spiro atoms. The molecule has 10 nitrogen and oxygen atoms in total. The minimum Gasteiger partial charge on any atom is -0.497 e. The Morgan fingerprint density at radius 3 is 2.02 bits per heavy atom. The number of dihydropyridines is 1. The summed E-state index contributed by atoms with van der Waals surface area (Å²) in [5, 5.41) is 3.64. The van der Waals surface area contributed by atoms with E-state index in [0.717, 1.165) is 97.3 Å². The number of benzene rings is 3. The van der Waals surface area contributed by atoms with Crippen LogP contribution in [0, 0.1) is 6.92 Å². The summed E-state index contributed by atoms with van der Waals surface area (Å²) in [6.45, 7) is 8.68. The predicted molar refractivity (Wildman–Crippen MR) is 220 cm³/mol. The molecule has 1 saturated heterocycles. The number of aryl methyl sites for hydroxylation is 1. The highest BCUT2D eigenvalue weighted by Crippen LogP contribution is 2.40. The number of aromatic nitrogens is 1. The van der Waals surface area contributed by atoms with Gasteiger partial charge in [-0.25, -0.2) is 0 Å². The van der Waals surface area contributed by atoms with E-state index in [-0.39, 0.29) is 0 Å². The molecule has 4 aromatic rings. The summed E-state index contributed by atoms with van der Waals surface area (Å²) in [4.78, 5) is 9.86. The van der Waals surface area contributed by atoms with E-state index >= 15 is 0 Å². The van der Waals surface area contributed by atoms with Crippen molar-refractivity contribution in [1.29, 1.82) is 0 Å². The van der Waals surface area contributed by atoms with Crippen LogP contribution in [0.15, 0.2) is 78.5 Å². The van der Waals surface area contributed by atoms with Crippen LogP contribution >= 0.6 is 0 Å². The summed E-state index contributed by atoms with van der Waals surface area (Å²) in [7, 11) is 10.0. The molecule has 3 heterocycles. The first-order chi connectivity index (χ1) is 26.8. The maximum atomic E-state index is 5.75. The van der Waals surface area contributed by atoms with Gasteiger partial charge < -0.3 is 38.6 Å². The van der Waals surface area contributed by atoms with Crippen LogP contribution in [-0.4, -0.2) is 84.8 Å². The predicted octanol–water partition coefficient (Wildman–Crippen LogP) is 8.10. The Labute approximate surface area is 326 Å². The lowest BCUT2D eigenvalue weighted by Gasteiger charge is -2.41. The molecule has 1 N–H and O–H groups in total. The highest BCUT2D eigenvalue weighted by Gasteiger charge is 2.27. The van der Waals surface area contributed by atoms with Crippen LogP contribution < -0.4 is 38.6 Å². The second-order valence-corrected chi connectivity index (χ2v) is 14.1. The second-order valence-electron chi connectivity index (χ2n) is 14.1. The third kappa shape index (κ3) is 9.14. The van der Waals surface area contributed by atoms with Crippen molar-refractivity contribution in [2.45, 2.75) is 52.1 Å². The minimum absolute atomic E-state index is 0.333. The molecule has 2 aliphatic heterocycles. The molecule has 6 rings (SSSR count). The van der Waals surface area contributed by atoms with Gasteiger partial charge in [-0.05, 0) is 90.9 Å². The highest BCUT2D eigenvalue weighted by molar-refractivity contribution is 5.72. The average molecular weight is 749 g/mol. The lowest BCUT2D eigenvalue weighted by atomic mass is 9.97. The van der Waals surface area contributed by atoms with Crippen molar-refractivity contribution in [3.8, 4) is 45.8 Å². The molecule has 0 radical (unpaired) electrons. The van der Waals surface area contributed by atoms with Gasteiger partial charge in [-0.1, -0.05) is 19.4 Å². The van der Waals surface area contributed by atoms with Gasteiger partial charge in [0.2, 0.25) is 5.75 Å². The van der Waals surface area contributed by atoms with Crippen LogP contribution in [-0.2, 0) is 13.0 Å². The Balaban J connectivity index is 1.20. The quantitative estimate of drug-likeness (QED) is 0.121. The molecule has 292 valence electrons. The van der Waals surface area contributed by atoms with E-state index in [0.29, 0.717) is 29.8 Å². The molecule has 1 fully saturated rings. The number of nitrogens with zero attached hydrogens (tertiary/aromatic N) is 3. The van der Waals surface area contributed by atoms with Gasteiger partial charge in [0, 0.05) is 85.7 Å². The van der Waals surface area contributed by atoms with E-state index < -0.39 is 0 Å². The Hall–Kier alpha value is -5.35. The molecule has 0 atom stereocenters. The van der Waals surface area contributed by atoms with Crippen molar-refractivity contribution < 1.29 is 28.4 Å². The standard InChI is InChI=1S/C45H56N4O6/c1-9-10-33-20-34(21-42(52-5)30(33)2)41-19-31(13-16-46-41)28-48-17-14-36(15-18-48)49(37-24-38(50-3)26-39(25-37)51-4)29-32-11-12-40(47-27-32)35-22-43(53-6)45(55-8)44(23-35)54-7/h11-13,16,19-26,36,47H,9-10,14-15,17-18,27-29H2,1-8H3. The smallest absolute Gasteiger partial charge is 0.203 e. The van der Waals surface area contributed by atoms with Gasteiger partial charge in [-0.3, -0.25) is 9.88 Å². The highest BCUT2D eigenvalue weighted by atomic mass is 16.5. The number of rotatable bonds is 16. The van der Waals surface area contributed by atoms with Crippen LogP contribution in [0.25, 0.3) is 17.0 Å². The van der Waals surface area contributed by atoms with Crippen LogP contribution in [0.3, 0.4) is 0 Å². The van der Waals surface area contributed by atoms with Gasteiger partial charge in [0.15, 0.2) is 11.5 Å². The van der Waals surface area contributed by atoms with Gasteiger partial charge in [0.05, 0.1) is 48.4 Å². The maximum Gasteiger partial charge on any atom is 0.203 e. The molecule has 0 aliphatic carbocycles. The molecule has 2 aliphatic rings. The van der Waals surface area contributed by atoms with Crippen molar-refractivity contribution in [3.63, 3.8) is 0 Å². The van der Waals surface area contributed by atoms with Crippen LogP contribution in [0.1, 0.15) is 48.4 Å². The number of pyridine rings is 1. The normalized spacial score (nSPS) is 14.7. The summed E-state index contributed by atoms with van der Waals surface area (Å²) in [5.41, 5.74) is 10.2. The van der Waals surface area contributed by atoms with Crippen molar-refractivity contribution >= 4 is 11.4 Å². The minimum atomic E-state index is 0.333. The molecule has 0 amide bonds. The number of anilines is 1. The zero-order chi connectivity index (χ0) is 38.9. The Kier molecular flexibility index (Phi) is 13.1. The number of likely N-dealkylation sites (tertiary alicyclic amines) is 1. The summed E-state index contributed by atoms with van der Waals surface area (Å²) in [6.07, 6.45) is 10.5. The van der Waals surface area contributed by atoms with Crippen molar-refractivity contribution in [2.75, 3.05) is 73.7 Å². The number of piperidine rings is 1. The summed E-state index contributed by atoms with van der Waals surface area (Å²) in [5.74, 6) is 4.29. The SMILES string of the molecule is CCCc1cc(-c2cc(CN3CCC(N(CC4=CC=C(c5cc(OC)c(OC)c(OC)c5)NC4)c4cc(OC)cc(OC)c4)CC3)ccn2)cc(OC)c1C. The molecule has 0 saturated carbocycles. The van der Waals surface area contributed by atoms with Crippen molar-refractivity contribution in [2.24, 2.45) is 0 Å². The van der Waals surface area contributed by atoms with Gasteiger partial charge in [0.25, 0.3) is 0 Å². The fourth-order valence-corrected chi connectivity index (χ4v) is 7.69. The van der Waals surface area contributed by atoms with Crippen molar-refractivity contribution in [1.82, 2.24) is 15.2 Å². The molecular formula is C45H56N4O6. The van der Waals surface area contributed by atoms with Crippen LogP contribution in [0.5, 0.6) is 34.5 Å². The first kappa shape index (κ1) is 39.3. The topological polar surface area (TPSA) is 86.8 Å². The maximum absolute atomic E-state index is 5.75. The largest absolute Gasteiger partial charge is 0.497 e. The van der Waals surface area contributed by atoms with E-state index in [1.165, 1.54) is 22.3 Å². The fourth-order valence-electron chi connectivity index (χ4n) is 7.69. The van der Waals surface area contributed by atoms with E-state index in [4.69, 9.17) is 33.4 Å². The summed E-state index contributed by atoms with van der Waals surface area (Å²) in [6, 6.07) is 19.2. The lowest BCUT2D eigenvalue weighted by molar-refractivity contribution is 0.202. The number of allylic oxidation sites excluding steroid dienone is 2. The van der Waals surface area contributed by atoms with E-state index in [9.17, 15) is 0 Å². The lowest BCUT2D eigenvalue weighted by Crippen LogP contribution is -2.46. The summed E-state index contributed by atoms with van der Waals surface area (Å²) < 4.78 is 33.9. The molecule has 0 unspecified atom stereocenters. The van der Waals surface area contributed by atoms with Gasteiger partial charge >= 0.3 is 0 Å². The van der Waals surface area contributed by atoms with Crippen LogP contribution in [0.4, 0.5) is 5.69 Å². The second kappa shape index (κ2) is 18.3. The molecule has 10 heteroatoms. The van der Waals surface area contributed by atoms with Gasteiger partial charge in [-0.15, -0.1) is 0 Å². The molecule has 55 heavy (non-hydrogen) atoms. The first-order valence-electron chi connectivity index (χ1n) is 19.1. The molecular weight excluding hydrogens is 693 g/mol. The zero-order valence-electron chi connectivity index (χ0n) is 33.7. The zero-order valence-corrected chi connectivity index (χ0v) is 33.7. The van der Waals surface area contributed by atoms with E-state index in [2.05, 4.69) is 77.5 Å². The van der Waals surface area contributed by atoms with Crippen molar-refractivity contribution in [3.05, 3.63) is 101 Å². The van der Waals surface area contributed by atoms with Gasteiger partial charge in [0.1, 0.15) is 17.2 Å². The van der Waals surface area contributed by atoms with E-state index in [1.807, 2.05) is 24.4 Å². The number of ether oxygens (including phenoxy) is 6. The average Bonchev–Trinajstić information content (AvgIpc) is 3.23. The number of methoxy groups -OCH3 is 6. The fraction of sp³-hybridized carbons (Fsp3) is 0.400. The Morgan fingerprint density at radius 1 is 0.764 bits per heavy atom. The first-order valence-corrected chi connectivity index (χ1v) is 19.1.